The lowest BCUT2D eigenvalue weighted by Gasteiger charge is -2.05. The number of carbonyl (C=O) groups is 1. The Bertz CT molecular complexity index is 604. The Balaban J connectivity index is 1.98. The lowest BCUT2D eigenvalue weighted by atomic mass is 10.2. The average molecular weight is 247 g/mol. The first-order valence-electron chi connectivity index (χ1n) is 5.93. The normalized spacial score (nSPS) is 23.6. The predicted molar refractivity (Wildman–Crippen MR) is 63.5 cm³/mol. The summed E-state index contributed by atoms with van der Waals surface area (Å²) in [5.41, 5.74) is 1.36. The van der Waals surface area contributed by atoms with Gasteiger partial charge in [-0.2, -0.15) is 0 Å². The van der Waals surface area contributed by atoms with E-state index in [1.54, 1.807) is 6.07 Å². The predicted octanol–water partition coefficient (Wildman–Crippen LogP) is 2.77. The van der Waals surface area contributed by atoms with Crippen LogP contribution in [-0.4, -0.2) is 22.2 Å². The van der Waals surface area contributed by atoms with Gasteiger partial charge in [0.2, 0.25) is 5.89 Å². The molecule has 0 aliphatic carbocycles. The molecule has 3 rings (SSSR count). The van der Waals surface area contributed by atoms with E-state index in [1.165, 1.54) is 12.1 Å². The van der Waals surface area contributed by atoms with Gasteiger partial charge in [-0.05, 0) is 38.0 Å². The summed E-state index contributed by atoms with van der Waals surface area (Å²) in [7, 11) is 0. The summed E-state index contributed by atoms with van der Waals surface area (Å²) in [4.78, 5) is 15.2. The van der Waals surface area contributed by atoms with Crippen molar-refractivity contribution in [3.05, 3.63) is 29.7 Å². The van der Waals surface area contributed by atoms with E-state index >= 15 is 0 Å². The molecule has 1 aliphatic rings. The third-order valence-electron chi connectivity index (χ3n) is 3.16. The van der Waals surface area contributed by atoms with Gasteiger partial charge < -0.3 is 14.3 Å². The van der Waals surface area contributed by atoms with Crippen LogP contribution in [0.15, 0.2) is 22.6 Å². The van der Waals surface area contributed by atoms with Crippen molar-refractivity contribution >= 4 is 17.1 Å². The minimum Gasteiger partial charge on any atom is -0.478 e. The van der Waals surface area contributed by atoms with E-state index in [0.717, 1.165) is 12.8 Å². The van der Waals surface area contributed by atoms with Crippen molar-refractivity contribution in [1.82, 2.24) is 4.98 Å². The van der Waals surface area contributed by atoms with Gasteiger partial charge in [0, 0.05) is 0 Å². The van der Waals surface area contributed by atoms with Crippen LogP contribution in [0.1, 0.15) is 42.1 Å². The Morgan fingerprint density at radius 1 is 1.44 bits per heavy atom. The molecule has 2 aromatic rings. The molecule has 0 bridgehead atoms. The molecule has 5 heteroatoms. The number of oxazole rings is 1. The first-order valence-corrected chi connectivity index (χ1v) is 5.93. The number of aromatic carboxylic acids is 1. The molecular weight excluding hydrogens is 234 g/mol. The first-order chi connectivity index (χ1) is 8.63. The molecular formula is C13H13NO4. The number of rotatable bonds is 2. The van der Waals surface area contributed by atoms with Gasteiger partial charge in [-0.3, -0.25) is 0 Å². The quantitative estimate of drug-likeness (QED) is 0.883. The molecule has 1 aromatic heterocycles. The Hall–Kier alpha value is -1.88. The van der Waals surface area contributed by atoms with Crippen LogP contribution in [0, 0.1) is 0 Å². The highest BCUT2D eigenvalue weighted by atomic mass is 16.5. The number of carboxylic acid groups (broad SMARTS) is 1. The molecule has 0 spiro atoms. The number of benzene rings is 1. The Kier molecular flexibility index (Phi) is 2.56. The molecule has 5 nitrogen and oxygen atoms in total. The fourth-order valence-electron chi connectivity index (χ4n) is 2.20. The highest BCUT2D eigenvalue weighted by Gasteiger charge is 2.27. The van der Waals surface area contributed by atoms with Crippen LogP contribution < -0.4 is 0 Å². The molecule has 1 aromatic carbocycles. The van der Waals surface area contributed by atoms with E-state index in [-0.39, 0.29) is 17.8 Å². The van der Waals surface area contributed by atoms with Crippen molar-refractivity contribution < 1.29 is 19.1 Å². The zero-order valence-corrected chi connectivity index (χ0v) is 9.92. The van der Waals surface area contributed by atoms with Crippen LogP contribution in [0.4, 0.5) is 0 Å². The molecule has 1 N–H and O–H groups in total. The zero-order valence-electron chi connectivity index (χ0n) is 9.92. The molecule has 18 heavy (non-hydrogen) atoms. The van der Waals surface area contributed by atoms with E-state index in [4.69, 9.17) is 14.3 Å². The second-order valence-corrected chi connectivity index (χ2v) is 4.55. The van der Waals surface area contributed by atoms with Gasteiger partial charge in [0.1, 0.15) is 11.6 Å². The SMILES string of the molecule is CC1CCC(c2nc3ccc(C(=O)O)cc3o2)O1. The van der Waals surface area contributed by atoms with Gasteiger partial charge in [0.05, 0.1) is 11.7 Å². The number of ether oxygens (including phenoxy) is 1. The summed E-state index contributed by atoms with van der Waals surface area (Å²) in [5, 5.41) is 8.91. The topological polar surface area (TPSA) is 72.6 Å². The molecule has 0 radical (unpaired) electrons. The van der Waals surface area contributed by atoms with Crippen LogP contribution in [0.25, 0.3) is 11.1 Å². The Labute approximate surface area is 103 Å². The summed E-state index contributed by atoms with van der Waals surface area (Å²) in [6, 6.07) is 4.67. The summed E-state index contributed by atoms with van der Waals surface area (Å²) >= 11 is 0. The molecule has 1 aliphatic heterocycles. The fourth-order valence-corrected chi connectivity index (χ4v) is 2.20. The van der Waals surface area contributed by atoms with Gasteiger partial charge in [-0.1, -0.05) is 0 Å². The fraction of sp³-hybridized carbons (Fsp3) is 0.385. The van der Waals surface area contributed by atoms with Crippen LogP contribution in [0.5, 0.6) is 0 Å². The molecule has 1 saturated heterocycles. The molecule has 2 atom stereocenters. The van der Waals surface area contributed by atoms with Gasteiger partial charge in [0.25, 0.3) is 0 Å². The van der Waals surface area contributed by atoms with Gasteiger partial charge in [0.15, 0.2) is 5.58 Å². The van der Waals surface area contributed by atoms with Crippen LogP contribution in [0.2, 0.25) is 0 Å². The van der Waals surface area contributed by atoms with Crippen molar-refractivity contribution in [2.24, 2.45) is 0 Å². The zero-order chi connectivity index (χ0) is 12.7. The van der Waals surface area contributed by atoms with E-state index in [9.17, 15) is 4.79 Å². The summed E-state index contributed by atoms with van der Waals surface area (Å²) in [5.74, 6) is -0.433. The minimum atomic E-state index is -0.972. The molecule has 1 fully saturated rings. The molecule has 0 saturated carbocycles. The summed E-state index contributed by atoms with van der Waals surface area (Å²) < 4.78 is 11.3. The first kappa shape index (κ1) is 11.2. The molecule has 2 heterocycles. The van der Waals surface area contributed by atoms with Crippen molar-refractivity contribution in [3.63, 3.8) is 0 Å². The minimum absolute atomic E-state index is 0.110. The highest BCUT2D eigenvalue weighted by Crippen LogP contribution is 2.33. The molecule has 2 unspecified atom stereocenters. The smallest absolute Gasteiger partial charge is 0.335 e. The largest absolute Gasteiger partial charge is 0.478 e. The van der Waals surface area contributed by atoms with Gasteiger partial charge in [-0.25, -0.2) is 9.78 Å². The second-order valence-electron chi connectivity index (χ2n) is 4.55. The molecule has 0 amide bonds. The van der Waals surface area contributed by atoms with Gasteiger partial charge in [-0.15, -0.1) is 0 Å². The number of carboxylic acids is 1. The van der Waals surface area contributed by atoms with Crippen molar-refractivity contribution in [3.8, 4) is 0 Å². The number of aromatic nitrogens is 1. The lowest BCUT2D eigenvalue weighted by molar-refractivity contribution is 0.0401. The van der Waals surface area contributed by atoms with E-state index < -0.39 is 5.97 Å². The third kappa shape index (κ3) is 1.86. The van der Waals surface area contributed by atoms with Gasteiger partial charge >= 0.3 is 5.97 Å². The highest BCUT2D eigenvalue weighted by molar-refractivity contribution is 5.91. The second kappa shape index (κ2) is 4.10. The Morgan fingerprint density at radius 2 is 2.28 bits per heavy atom. The third-order valence-corrected chi connectivity index (χ3v) is 3.16. The number of fused-ring (bicyclic) bond motifs is 1. The maximum atomic E-state index is 10.9. The van der Waals surface area contributed by atoms with Crippen LogP contribution >= 0.6 is 0 Å². The van der Waals surface area contributed by atoms with Crippen LogP contribution in [0.3, 0.4) is 0 Å². The number of nitrogens with zero attached hydrogens (tertiary/aromatic N) is 1. The monoisotopic (exact) mass is 247 g/mol. The average Bonchev–Trinajstić information content (AvgIpc) is 2.93. The summed E-state index contributed by atoms with van der Waals surface area (Å²) in [6.45, 7) is 2.02. The maximum Gasteiger partial charge on any atom is 0.335 e. The number of hydrogen-bond donors (Lipinski definition) is 1. The van der Waals surface area contributed by atoms with E-state index in [2.05, 4.69) is 4.98 Å². The Morgan fingerprint density at radius 3 is 2.94 bits per heavy atom. The van der Waals surface area contributed by atoms with E-state index in [0.29, 0.717) is 17.0 Å². The standard InChI is InChI=1S/C13H13NO4/c1-7-2-5-10(17-7)12-14-9-4-3-8(13(15)16)6-11(9)18-12/h3-4,6-7,10H,2,5H2,1H3,(H,15,16). The number of hydrogen-bond acceptors (Lipinski definition) is 4. The van der Waals surface area contributed by atoms with Crippen molar-refractivity contribution in [1.29, 1.82) is 0 Å². The molecule has 94 valence electrons. The summed E-state index contributed by atoms with van der Waals surface area (Å²) in [6.07, 6.45) is 1.99. The van der Waals surface area contributed by atoms with Crippen molar-refractivity contribution in [2.45, 2.75) is 32.0 Å². The maximum absolute atomic E-state index is 10.9. The lowest BCUT2D eigenvalue weighted by Crippen LogP contribution is -2.00. The van der Waals surface area contributed by atoms with Crippen molar-refractivity contribution in [2.75, 3.05) is 0 Å². The van der Waals surface area contributed by atoms with E-state index in [1.807, 2.05) is 6.92 Å². The van der Waals surface area contributed by atoms with Crippen LogP contribution in [-0.2, 0) is 4.74 Å².